The number of esters is 1. The van der Waals surface area contributed by atoms with Gasteiger partial charge < -0.3 is 14.4 Å². The first-order valence-electron chi connectivity index (χ1n) is 8.37. The first kappa shape index (κ1) is 17.0. The summed E-state index contributed by atoms with van der Waals surface area (Å²) in [6, 6.07) is 16.5. The van der Waals surface area contributed by atoms with Gasteiger partial charge in [-0.1, -0.05) is 24.3 Å². The van der Waals surface area contributed by atoms with E-state index in [4.69, 9.17) is 9.47 Å². The smallest absolute Gasteiger partial charge is 0.310 e. The van der Waals surface area contributed by atoms with Crippen molar-refractivity contribution in [3.8, 4) is 11.5 Å². The Morgan fingerprint density at radius 2 is 1.80 bits per heavy atom. The second-order valence-corrected chi connectivity index (χ2v) is 6.06. The van der Waals surface area contributed by atoms with Crippen molar-refractivity contribution >= 4 is 11.9 Å². The molecule has 1 aliphatic rings. The second-order valence-electron chi connectivity index (χ2n) is 6.06. The number of para-hydroxylation sites is 1. The third kappa shape index (κ3) is 4.18. The molecule has 0 bridgehead atoms. The van der Waals surface area contributed by atoms with E-state index in [0.29, 0.717) is 24.4 Å². The summed E-state index contributed by atoms with van der Waals surface area (Å²) in [5.74, 6) is 0.742. The van der Waals surface area contributed by atoms with Crippen molar-refractivity contribution < 1.29 is 19.1 Å². The van der Waals surface area contributed by atoms with E-state index in [1.807, 2.05) is 36.4 Å². The molecule has 0 aliphatic carbocycles. The first-order valence-corrected chi connectivity index (χ1v) is 8.37. The lowest BCUT2D eigenvalue weighted by atomic mass is 9.97. The third-order valence-corrected chi connectivity index (χ3v) is 4.30. The van der Waals surface area contributed by atoms with Crippen LogP contribution in [0, 0.1) is 5.92 Å². The van der Waals surface area contributed by atoms with Crippen molar-refractivity contribution in [2.75, 3.05) is 20.2 Å². The number of benzene rings is 2. The highest BCUT2D eigenvalue weighted by molar-refractivity contribution is 5.95. The van der Waals surface area contributed by atoms with Crippen molar-refractivity contribution in [1.82, 2.24) is 4.90 Å². The van der Waals surface area contributed by atoms with Crippen LogP contribution in [0.3, 0.4) is 0 Å². The molecule has 1 atom stereocenters. The van der Waals surface area contributed by atoms with Crippen molar-refractivity contribution in [2.24, 2.45) is 5.92 Å². The number of ether oxygens (including phenoxy) is 2. The SMILES string of the molecule is COC(=O)C1CCCN(C(=O)c2cccc(Oc3ccccc3)c2)C1. The molecule has 1 heterocycles. The predicted octanol–water partition coefficient (Wildman–Crippen LogP) is 3.50. The van der Waals surface area contributed by atoms with Gasteiger partial charge in [-0.3, -0.25) is 9.59 Å². The molecule has 1 fully saturated rings. The lowest BCUT2D eigenvalue weighted by Gasteiger charge is -2.31. The first-order chi connectivity index (χ1) is 12.2. The Labute approximate surface area is 147 Å². The molecule has 1 aliphatic heterocycles. The lowest BCUT2D eigenvalue weighted by Crippen LogP contribution is -2.42. The van der Waals surface area contributed by atoms with Crippen LogP contribution in [0.15, 0.2) is 54.6 Å². The Kier molecular flexibility index (Phi) is 5.33. The third-order valence-electron chi connectivity index (χ3n) is 4.30. The largest absolute Gasteiger partial charge is 0.469 e. The van der Waals surface area contributed by atoms with Crippen LogP contribution in [0.2, 0.25) is 0 Å². The zero-order valence-corrected chi connectivity index (χ0v) is 14.2. The molecular weight excluding hydrogens is 318 g/mol. The lowest BCUT2D eigenvalue weighted by molar-refractivity contribution is -0.146. The summed E-state index contributed by atoms with van der Waals surface area (Å²) in [5, 5.41) is 0. The highest BCUT2D eigenvalue weighted by Crippen LogP contribution is 2.24. The van der Waals surface area contributed by atoms with Crippen LogP contribution < -0.4 is 4.74 Å². The van der Waals surface area contributed by atoms with Gasteiger partial charge in [0.05, 0.1) is 13.0 Å². The molecule has 2 aromatic carbocycles. The van der Waals surface area contributed by atoms with Gasteiger partial charge in [-0.15, -0.1) is 0 Å². The van der Waals surface area contributed by atoms with E-state index in [0.717, 1.165) is 18.6 Å². The molecule has 5 nitrogen and oxygen atoms in total. The average molecular weight is 339 g/mol. The van der Waals surface area contributed by atoms with Crippen LogP contribution in [0.4, 0.5) is 0 Å². The number of rotatable bonds is 4. The molecule has 0 spiro atoms. The minimum absolute atomic E-state index is 0.0906. The van der Waals surface area contributed by atoms with Gasteiger partial charge in [0.2, 0.25) is 0 Å². The molecule has 0 aromatic heterocycles. The summed E-state index contributed by atoms with van der Waals surface area (Å²) in [7, 11) is 1.38. The Morgan fingerprint density at radius 3 is 2.56 bits per heavy atom. The van der Waals surface area contributed by atoms with Crippen LogP contribution >= 0.6 is 0 Å². The van der Waals surface area contributed by atoms with Gasteiger partial charge in [0.15, 0.2) is 0 Å². The Balaban J connectivity index is 1.72. The molecule has 5 heteroatoms. The van der Waals surface area contributed by atoms with Crippen LogP contribution in [0.1, 0.15) is 23.2 Å². The van der Waals surface area contributed by atoms with Gasteiger partial charge in [-0.25, -0.2) is 0 Å². The standard InChI is InChI=1S/C20H21NO4/c1-24-20(23)16-8-6-12-21(14-16)19(22)15-7-5-11-18(13-15)25-17-9-3-2-4-10-17/h2-5,7,9-11,13,16H,6,8,12,14H2,1H3. The quantitative estimate of drug-likeness (QED) is 0.800. The molecule has 2 aromatic rings. The van der Waals surface area contributed by atoms with Crippen LogP contribution in [0.25, 0.3) is 0 Å². The number of nitrogens with zero attached hydrogens (tertiary/aromatic N) is 1. The second kappa shape index (κ2) is 7.83. The van der Waals surface area contributed by atoms with Crippen LogP contribution in [-0.4, -0.2) is 37.0 Å². The molecule has 3 rings (SSSR count). The Hall–Kier alpha value is -2.82. The number of piperidine rings is 1. The van der Waals surface area contributed by atoms with E-state index in [-0.39, 0.29) is 17.8 Å². The maximum absolute atomic E-state index is 12.8. The van der Waals surface area contributed by atoms with Crippen molar-refractivity contribution in [3.63, 3.8) is 0 Å². The summed E-state index contributed by atoms with van der Waals surface area (Å²) >= 11 is 0. The molecule has 0 saturated carbocycles. The minimum Gasteiger partial charge on any atom is -0.469 e. The van der Waals surface area contributed by atoms with Crippen molar-refractivity contribution in [2.45, 2.75) is 12.8 Å². The van der Waals surface area contributed by atoms with E-state index < -0.39 is 0 Å². The normalized spacial score (nSPS) is 17.0. The maximum atomic E-state index is 12.8. The highest BCUT2D eigenvalue weighted by Gasteiger charge is 2.29. The molecule has 130 valence electrons. The molecule has 0 radical (unpaired) electrons. The van der Waals surface area contributed by atoms with E-state index >= 15 is 0 Å². The summed E-state index contributed by atoms with van der Waals surface area (Å²) in [6.07, 6.45) is 1.55. The fourth-order valence-electron chi connectivity index (χ4n) is 3.02. The van der Waals surface area contributed by atoms with Gasteiger partial charge in [0.1, 0.15) is 11.5 Å². The van der Waals surface area contributed by atoms with Crippen LogP contribution in [-0.2, 0) is 9.53 Å². The van der Waals surface area contributed by atoms with Gasteiger partial charge in [0, 0.05) is 18.7 Å². The van der Waals surface area contributed by atoms with Gasteiger partial charge >= 0.3 is 5.97 Å². The average Bonchev–Trinajstić information content (AvgIpc) is 2.68. The van der Waals surface area contributed by atoms with Gasteiger partial charge in [-0.05, 0) is 43.2 Å². The van der Waals surface area contributed by atoms with Crippen molar-refractivity contribution in [3.05, 3.63) is 60.2 Å². The molecule has 1 saturated heterocycles. The minimum atomic E-state index is -0.251. The summed E-state index contributed by atoms with van der Waals surface area (Å²) in [5.41, 5.74) is 0.555. The van der Waals surface area contributed by atoms with Crippen molar-refractivity contribution in [1.29, 1.82) is 0 Å². The number of carbonyl (C=O) groups is 2. The molecule has 1 amide bonds. The Bertz CT molecular complexity index is 744. The molecule has 1 unspecified atom stereocenters. The summed E-state index contributed by atoms with van der Waals surface area (Å²) in [6.45, 7) is 1.05. The van der Waals surface area contributed by atoms with E-state index in [1.165, 1.54) is 7.11 Å². The monoisotopic (exact) mass is 339 g/mol. The number of hydrogen-bond donors (Lipinski definition) is 0. The summed E-state index contributed by atoms with van der Waals surface area (Å²) in [4.78, 5) is 26.2. The highest BCUT2D eigenvalue weighted by atomic mass is 16.5. The number of methoxy groups -OCH3 is 1. The number of likely N-dealkylation sites (tertiary alicyclic amines) is 1. The van der Waals surface area contributed by atoms with Gasteiger partial charge in [0.25, 0.3) is 5.91 Å². The van der Waals surface area contributed by atoms with E-state index in [9.17, 15) is 9.59 Å². The zero-order chi connectivity index (χ0) is 17.6. The topological polar surface area (TPSA) is 55.8 Å². The number of amides is 1. The predicted molar refractivity (Wildman–Crippen MR) is 93.6 cm³/mol. The molecular formula is C20H21NO4. The maximum Gasteiger partial charge on any atom is 0.310 e. The van der Waals surface area contributed by atoms with E-state index in [2.05, 4.69) is 0 Å². The van der Waals surface area contributed by atoms with Gasteiger partial charge in [-0.2, -0.15) is 0 Å². The Morgan fingerprint density at radius 1 is 1.04 bits per heavy atom. The number of hydrogen-bond acceptors (Lipinski definition) is 4. The molecule has 0 N–H and O–H groups in total. The summed E-state index contributed by atoms with van der Waals surface area (Å²) < 4.78 is 10.6. The zero-order valence-electron chi connectivity index (χ0n) is 14.2. The number of carbonyl (C=O) groups excluding carboxylic acids is 2. The molecule has 25 heavy (non-hydrogen) atoms. The fraction of sp³-hybridized carbons (Fsp3) is 0.300. The fourth-order valence-corrected chi connectivity index (χ4v) is 3.02. The van der Waals surface area contributed by atoms with Crippen LogP contribution in [0.5, 0.6) is 11.5 Å². The van der Waals surface area contributed by atoms with E-state index in [1.54, 1.807) is 23.1 Å².